The Morgan fingerprint density at radius 3 is 2.66 bits per heavy atom. The largest absolute Gasteiger partial charge is 0.385 e. The molecule has 1 unspecified atom stereocenters. The second-order valence-corrected chi connectivity index (χ2v) is 11.5. The summed E-state index contributed by atoms with van der Waals surface area (Å²) in [6, 6.07) is 4.59. The monoisotopic (exact) mass is 551 g/mol. The van der Waals surface area contributed by atoms with Gasteiger partial charge in [-0.1, -0.05) is 44.6 Å². The molecule has 1 amide bonds. The maximum absolute atomic E-state index is 14.7. The van der Waals surface area contributed by atoms with Crippen LogP contribution in [0.1, 0.15) is 79.8 Å². The van der Waals surface area contributed by atoms with E-state index in [1.54, 1.807) is 26.4 Å². The number of ether oxygens (including phenoxy) is 2. The molecular formula is C35H41N3O3. The fourth-order valence-corrected chi connectivity index (χ4v) is 6.94. The van der Waals surface area contributed by atoms with Crippen molar-refractivity contribution >= 4 is 22.7 Å². The van der Waals surface area contributed by atoms with Crippen molar-refractivity contribution in [3.8, 4) is 12.3 Å². The third kappa shape index (κ3) is 4.92. The van der Waals surface area contributed by atoms with Gasteiger partial charge in [0.05, 0.1) is 22.5 Å². The summed E-state index contributed by atoms with van der Waals surface area (Å²) in [5.74, 6) is 3.37. The standard InChI is InChI=1S/C35H41N3O3/c1-7-9-13-26(11-8-2)38-32-21-29-27-14-10-12-25-22-36-37-33(25)30(27)19-23(3)24(4)28(29)20-31(32)35(34(38)39,15-17-40-5)16-18-41-6/h2,7,9,11,13,20-24H,1,10,12,14-19H2,3-6H3,(H,36,37)/b13-9-,26-11+/t23-,24?/m1/s1. The highest BCUT2D eigenvalue weighted by molar-refractivity contribution is 6.11. The molecule has 41 heavy (non-hydrogen) atoms. The van der Waals surface area contributed by atoms with Gasteiger partial charge < -0.3 is 9.47 Å². The third-order valence-corrected chi connectivity index (χ3v) is 9.33. The molecule has 0 spiro atoms. The molecule has 2 heterocycles. The second-order valence-electron chi connectivity index (χ2n) is 11.5. The number of allylic oxidation sites excluding steroid dienone is 6. The molecule has 214 valence electrons. The number of H-pyrrole nitrogens is 1. The zero-order chi connectivity index (χ0) is 29.1. The predicted octanol–water partition coefficient (Wildman–Crippen LogP) is 6.72. The van der Waals surface area contributed by atoms with Gasteiger partial charge in [0.1, 0.15) is 0 Å². The molecule has 6 nitrogen and oxygen atoms in total. The van der Waals surface area contributed by atoms with Crippen LogP contribution in [-0.2, 0) is 26.1 Å². The summed E-state index contributed by atoms with van der Waals surface area (Å²) in [5.41, 5.74) is 9.39. The van der Waals surface area contributed by atoms with Gasteiger partial charge in [-0.15, -0.1) is 6.42 Å². The van der Waals surface area contributed by atoms with Crippen molar-refractivity contribution in [2.45, 2.75) is 63.7 Å². The summed E-state index contributed by atoms with van der Waals surface area (Å²) in [4.78, 5) is 16.5. The average molecular weight is 552 g/mol. The summed E-state index contributed by atoms with van der Waals surface area (Å²) in [6.07, 6.45) is 20.0. The normalized spacial score (nSPS) is 21.6. The number of terminal acetylenes is 1. The van der Waals surface area contributed by atoms with Crippen LogP contribution < -0.4 is 4.90 Å². The van der Waals surface area contributed by atoms with E-state index in [-0.39, 0.29) is 5.91 Å². The van der Waals surface area contributed by atoms with Crippen LogP contribution in [0.2, 0.25) is 0 Å². The highest BCUT2D eigenvalue weighted by atomic mass is 16.5. The maximum atomic E-state index is 14.7. The summed E-state index contributed by atoms with van der Waals surface area (Å²) >= 11 is 0. The number of hydrogen-bond donors (Lipinski definition) is 1. The van der Waals surface area contributed by atoms with Crippen molar-refractivity contribution in [1.82, 2.24) is 10.2 Å². The highest BCUT2D eigenvalue weighted by Gasteiger charge is 2.52. The Kier molecular flexibility index (Phi) is 8.49. The first-order valence-electron chi connectivity index (χ1n) is 14.6. The first-order chi connectivity index (χ1) is 19.9. The Morgan fingerprint density at radius 2 is 1.98 bits per heavy atom. The van der Waals surface area contributed by atoms with E-state index in [2.05, 4.69) is 49.8 Å². The number of hydrogen-bond acceptors (Lipinski definition) is 4. The predicted molar refractivity (Wildman–Crippen MR) is 165 cm³/mol. The lowest BCUT2D eigenvalue weighted by Gasteiger charge is -2.29. The van der Waals surface area contributed by atoms with Gasteiger partial charge in [0.15, 0.2) is 0 Å². The van der Waals surface area contributed by atoms with Gasteiger partial charge >= 0.3 is 0 Å². The number of rotatable bonds is 9. The lowest BCUT2D eigenvalue weighted by atomic mass is 9.74. The molecule has 2 aromatic rings. The van der Waals surface area contributed by atoms with Crippen molar-refractivity contribution in [3.05, 3.63) is 82.9 Å². The average Bonchev–Trinajstić information content (AvgIpc) is 3.45. The summed E-state index contributed by atoms with van der Waals surface area (Å²) in [5, 5.41) is 7.85. The fraction of sp³-hybridized carbons (Fsp3) is 0.429. The van der Waals surface area contributed by atoms with Crippen LogP contribution in [-0.4, -0.2) is 43.5 Å². The van der Waals surface area contributed by atoms with Gasteiger partial charge in [-0.25, -0.2) is 0 Å². The molecule has 0 radical (unpaired) electrons. The first-order valence-corrected chi connectivity index (χ1v) is 14.6. The van der Waals surface area contributed by atoms with Gasteiger partial charge in [-0.2, -0.15) is 5.10 Å². The molecule has 1 N–H and O–H groups in total. The van der Waals surface area contributed by atoms with E-state index in [1.807, 2.05) is 17.1 Å². The summed E-state index contributed by atoms with van der Waals surface area (Å²) in [7, 11) is 3.37. The van der Waals surface area contributed by atoms with Gasteiger partial charge in [-0.3, -0.25) is 14.8 Å². The molecule has 6 heteroatoms. The van der Waals surface area contributed by atoms with Crippen molar-refractivity contribution in [1.29, 1.82) is 0 Å². The van der Waals surface area contributed by atoms with Gasteiger partial charge in [0.2, 0.25) is 5.91 Å². The van der Waals surface area contributed by atoms with E-state index in [1.165, 1.54) is 27.8 Å². The van der Waals surface area contributed by atoms with Gasteiger partial charge in [0, 0.05) is 39.7 Å². The molecule has 0 saturated heterocycles. The van der Waals surface area contributed by atoms with Crippen LogP contribution in [0.5, 0.6) is 0 Å². The Hall–Kier alpha value is -3.66. The van der Waals surface area contributed by atoms with Crippen LogP contribution in [0, 0.1) is 18.3 Å². The smallest absolute Gasteiger partial charge is 0.242 e. The fourth-order valence-electron chi connectivity index (χ4n) is 6.94. The van der Waals surface area contributed by atoms with Crippen LogP contribution in [0.25, 0.3) is 11.1 Å². The molecule has 0 bridgehead atoms. The third-order valence-electron chi connectivity index (χ3n) is 9.33. The molecule has 0 saturated carbocycles. The number of aromatic amines is 1. The Labute approximate surface area is 244 Å². The minimum absolute atomic E-state index is 0.00216. The SMILES string of the molecule is C#C/C=C(\C=C/C=C)N1C(=O)C(CCOC)(CCOC)c2cc3c(cc21)C1=C(C[C@@H](C)C3C)c2n[nH]cc2CCC1. The van der Waals surface area contributed by atoms with E-state index in [4.69, 9.17) is 21.0 Å². The highest BCUT2D eigenvalue weighted by Crippen LogP contribution is 2.54. The van der Waals surface area contributed by atoms with Gasteiger partial charge in [0.25, 0.3) is 0 Å². The van der Waals surface area contributed by atoms with E-state index in [9.17, 15) is 4.79 Å². The number of amides is 1. The number of carbonyl (C=O) groups is 1. The van der Waals surface area contributed by atoms with Gasteiger partial charge in [-0.05, 0) is 95.9 Å². The summed E-state index contributed by atoms with van der Waals surface area (Å²) in [6.45, 7) is 9.40. The maximum Gasteiger partial charge on any atom is 0.242 e. The number of carbonyl (C=O) groups excluding carboxylic acids is 1. The first kappa shape index (κ1) is 28.9. The summed E-state index contributed by atoms with van der Waals surface area (Å²) < 4.78 is 11.1. The lowest BCUT2D eigenvalue weighted by molar-refractivity contribution is -0.124. The van der Waals surface area contributed by atoms with E-state index in [0.717, 1.165) is 42.6 Å². The van der Waals surface area contributed by atoms with Crippen LogP contribution in [0.3, 0.4) is 0 Å². The van der Waals surface area contributed by atoms with Crippen LogP contribution in [0.4, 0.5) is 5.69 Å². The topological polar surface area (TPSA) is 67.5 Å². The quantitative estimate of drug-likeness (QED) is 0.278. The minimum atomic E-state index is -0.794. The zero-order valence-corrected chi connectivity index (χ0v) is 24.8. The van der Waals surface area contributed by atoms with Crippen molar-refractivity contribution in [2.24, 2.45) is 5.92 Å². The molecule has 2 aliphatic carbocycles. The van der Waals surface area contributed by atoms with E-state index in [0.29, 0.717) is 43.6 Å². The van der Waals surface area contributed by atoms with E-state index >= 15 is 0 Å². The lowest BCUT2D eigenvalue weighted by Crippen LogP contribution is -2.41. The number of nitrogens with zero attached hydrogens (tertiary/aromatic N) is 2. The molecule has 1 aromatic carbocycles. The molecule has 1 aromatic heterocycles. The molecule has 0 fully saturated rings. The molecule has 3 aliphatic rings. The number of benzene rings is 1. The molecule has 1 aliphatic heterocycles. The Bertz CT molecular complexity index is 1460. The zero-order valence-electron chi connectivity index (χ0n) is 24.8. The van der Waals surface area contributed by atoms with E-state index < -0.39 is 5.41 Å². The molecular weight excluding hydrogens is 510 g/mol. The molecule has 5 rings (SSSR count). The van der Waals surface area contributed by atoms with Crippen molar-refractivity contribution < 1.29 is 14.3 Å². The number of anilines is 1. The number of methoxy groups -OCH3 is 2. The number of aryl methyl sites for hydroxylation is 1. The van der Waals surface area contributed by atoms with Crippen molar-refractivity contribution in [3.63, 3.8) is 0 Å². The molecule has 2 atom stereocenters. The van der Waals surface area contributed by atoms with Crippen LogP contribution in [0.15, 0.2) is 54.9 Å². The van der Waals surface area contributed by atoms with Crippen molar-refractivity contribution in [2.75, 3.05) is 32.3 Å². The number of aromatic nitrogens is 2. The minimum Gasteiger partial charge on any atom is -0.385 e. The second kappa shape index (κ2) is 12.1. The Morgan fingerprint density at radius 1 is 1.22 bits per heavy atom. The number of nitrogens with one attached hydrogen (secondary N) is 1. The Balaban J connectivity index is 1.82. The number of fused-ring (bicyclic) bond motifs is 5. The van der Waals surface area contributed by atoms with Crippen LogP contribution >= 0.6 is 0 Å².